The molecule has 0 unspecified atom stereocenters. The highest BCUT2D eigenvalue weighted by molar-refractivity contribution is 6.06. The van der Waals surface area contributed by atoms with Gasteiger partial charge in [0, 0.05) is 36.3 Å². The van der Waals surface area contributed by atoms with E-state index in [0.29, 0.717) is 12.0 Å². The summed E-state index contributed by atoms with van der Waals surface area (Å²) in [5.74, 6) is -0.731. The van der Waals surface area contributed by atoms with E-state index in [4.69, 9.17) is 4.98 Å². The average Bonchev–Trinajstić information content (AvgIpc) is 3.29. The Kier molecular flexibility index (Phi) is 8.50. The molecule has 44 heavy (non-hydrogen) atoms. The zero-order chi connectivity index (χ0) is 31.6. The molecule has 8 nitrogen and oxygen atoms in total. The van der Waals surface area contributed by atoms with E-state index in [1.165, 1.54) is 9.80 Å². The molecule has 0 radical (unpaired) electrons. The van der Waals surface area contributed by atoms with Crippen molar-refractivity contribution in [2.75, 3.05) is 19.4 Å². The summed E-state index contributed by atoms with van der Waals surface area (Å²) in [5.41, 5.74) is 3.62. The minimum atomic E-state index is -0.972. The molecule has 1 aliphatic heterocycles. The summed E-state index contributed by atoms with van der Waals surface area (Å²) < 4.78 is 0. The van der Waals surface area contributed by atoms with Crippen LogP contribution in [0.1, 0.15) is 49.5 Å². The Morgan fingerprint density at radius 3 is 2.36 bits per heavy atom. The number of fused-ring (bicyclic) bond motifs is 2. The smallest absolute Gasteiger partial charge is 0.254 e. The van der Waals surface area contributed by atoms with Gasteiger partial charge in [0.2, 0.25) is 11.8 Å². The summed E-state index contributed by atoms with van der Waals surface area (Å²) >= 11 is 0. The quantitative estimate of drug-likeness (QED) is 0.257. The fourth-order valence-corrected chi connectivity index (χ4v) is 5.95. The number of aromatic nitrogens is 1. The van der Waals surface area contributed by atoms with Crippen LogP contribution in [0, 0.1) is 17.2 Å². The number of anilines is 1. The van der Waals surface area contributed by atoms with Gasteiger partial charge in [0.15, 0.2) is 0 Å². The molecule has 4 aromatic rings. The van der Waals surface area contributed by atoms with Gasteiger partial charge in [0.25, 0.3) is 5.91 Å². The molecule has 3 atom stereocenters. The van der Waals surface area contributed by atoms with Gasteiger partial charge < -0.3 is 15.1 Å². The lowest BCUT2D eigenvalue weighted by atomic mass is 9.78. The molecule has 8 heteroatoms. The number of likely N-dealkylation sites (N-methyl/N-ethyl adjacent to an activating group) is 2. The second-order valence-electron chi connectivity index (χ2n) is 12.2. The molecule has 1 aliphatic rings. The van der Waals surface area contributed by atoms with Crippen molar-refractivity contribution in [1.29, 1.82) is 5.26 Å². The van der Waals surface area contributed by atoms with Gasteiger partial charge >= 0.3 is 0 Å². The maximum Gasteiger partial charge on any atom is 0.254 e. The Morgan fingerprint density at radius 1 is 0.955 bits per heavy atom. The third kappa shape index (κ3) is 5.78. The van der Waals surface area contributed by atoms with Crippen molar-refractivity contribution in [3.8, 4) is 17.3 Å². The number of rotatable bonds is 9. The fraction of sp³-hybridized carbons (Fsp3) is 0.306. The number of nitriles is 1. The monoisotopic (exact) mass is 587 g/mol. The highest BCUT2D eigenvalue weighted by Gasteiger charge is 2.46. The van der Waals surface area contributed by atoms with Crippen LogP contribution >= 0.6 is 0 Å². The summed E-state index contributed by atoms with van der Waals surface area (Å²) in [7, 11) is 3.21. The molecule has 0 bridgehead atoms. The summed E-state index contributed by atoms with van der Waals surface area (Å²) in [6, 6.07) is 27.1. The minimum absolute atomic E-state index is 0.107. The number of pyridine rings is 1. The van der Waals surface area contributed by atoms with Gasteiger partial charge in [-0.1, -0.05) is 68.4 Å². The molecular weight excluding hydrogens is 550 g/mol. The van der Waals surface area contributed by atoms with Gasteiger partial charge in [-0.25, -0.2) is 4.98 Å². The van der Waals surface area contributed by atoms with Crippen LogP contribution in [0.15, 0.2) is 84.9 Å². The van der Waals surface area contributed by atoms with Crippen LogP contribution in [0.3, 0.4) is 0 Å². The van der Waals surface area contributed by atoms with E-state index in [1.54, 1.807) is 33.2 Å². The third-order valence-corrected chi connectivity index (χ3v) is 8.61. The van der Waals surface area contributed by atoms with Gasteiger partial charge in [-0.2, -0.15) is 5.26 Å². The van der Waals surface area contributed by atoms with Crippen molar-refractivity contribution in [3.05, 3.63) is 96.1 Å². The maximum absolute atomic E-state index is 14.0. The van der Waals surface area contributed by atoms with Crippen LogP contribution in [0.25, 0.3) is 22.2 Å². The van der Waals surface area contributed by atoms with Crippen molar-refractivity contribution in [1.82, 2.24) is 14.8 Å². The van der Waals surface area contributed by atoms with Gasteiger partial charge in [0.05, 0.1) is 22.7 Å². The van der Waals surface area contributed by atoms with Crippen LogP contribution in [-0.4, -0.2) is 58.7 Å². The van der Waals surface area contributed by atoms with Gasteiger partial charge in [0.1, 0.15) is 12.1 Å². The molecule has 0 spiro atoms. The van der Waals surface area contributed by atoms with Gasteiger partial charge in [-0.3, -0.25) is 14.4 Å². The predicted octanol–water partition coefficient (Wildman–Crippen LogP) is 6.04. The number of nitrogens with one attached hydrogen (secondary N) is 1. The zero-order valence-electron chi connectivity index (χ0n) is 25.7. The Bertz CT molecular complexity index is 1760. The molecule has 0 saturated heterocycles. The van der Waals surface area contributed by atoms with Crippen LogP contribution in [-0.2, 0) is 15.0 Å². The van der Waals surface area contributed by atoms with Crippen molar-refractivity contribution in [2.45, 2.75) is 51.1 Å². The van der Waals surface area contributed by atoms with Crippen LogP contribution < -0.4 is 5.32 Å². The van der Waals surface area contributed by atoms with E-state index < -0.39 is 17.5 Å². The molecule has 3 aromatic carbocycles. The van der Waals surface area contributed by atoms with Crippen molar-refractivity contribution in [2.24, 2.45) is 5.92 Å². The Morgan fingerprint density at radius 2 is 1.66 bits per heavy atom. The molecule has 1 N–H and O–H groups in total. The Hall–Kier alpha value is -5.03. The highest BCUT2D eigenvalue weighted by Crippen LogP contribution is 2.41. The number of benzene rings is 3. The van der Waals surface area contributed by atoms with E-state index >= 15 is 0 Å². The minimum Gasteiger partial charge on any atom is -0.330 e. The summed E-state index contributed by atoms with van der Waals surface area (Å²) in [6.45, 7) is 5.79. The van der Waals surface area contributed by atoms with Crippen LogP contribution in [0.4, 0.5) is 5.69 Å². The highest BCUT2D eigenvalue weighted by atomic mass is 16.2. The lowest BCUT2D eigenvalue weighted by molar-refractivity contribution is -0.137. The van der Waals surface area contributed by atoms with Crippen molar-refractivity contribution in [3.63, 3.8) is 0 Å². The van der Waals surface area contributed by atoms with Gasteiger partial charge in [-0.05, 0) is 61.6 Å². The van der Waals surface area contributed by atoms with E-state index in [9.17, 15) is 19.6 Å². The average molecular weight is 588 g/mol. The van der Waals surface area contributed by atoms with Crippen molar-refractivity contribution < 1.29 is 14.4 Å². The molecule has 5 rings (SSSR count). The number of nitrogens with zero attached hydrogens (tertiary/aromatic N) is 4. The lowest BCUT2D eigenvalue weighted by Crippen LogP contribution is -2.52. The van der Waals surface area contributed by atoms with E-state index in [2.05, 4.69) is 11.4 Å². The lowest BCUT2D eigenvalue weighted by Gasteiger charge is -2.35. The second kappa shape index (κ2) is 12.3. The molecule has 0 aliphatic carbocycles. The number of carbonyl (C=O) groups excluding carboxylic acids is 3. The summed E-state index contributed by atoms with van der Waals surface area (Å²) in [6.07, 6.45) is 0.545. The molecule has 1 aromatic heterocycles. The first-order chi connectivity index (χ1) is 21.0. The first-order valence-electron chi connectivity index (χ1n) is 14.8. The van der Waals surface area contributed by atoms with E-state index in [1.807, 2.05) is 86.6 Å². The normalized spacial score (nSPS) is 17.0. The molecule has 224 valence electrons. The SMILES string of the molecule is CC(C)C[C@@H](C(=O)N(C)[C@H](C#N)C[C@@]1(C)C(=O)Nc2ccccc21)N(C)C(=O)c1ccc2nc(-c3ccccc3)ccc2c1. The van der Waals surface area contributed by atoms with Gasteiger partial charge in [-0.15, -0.1) is 0 Å². The first-order valence-corrected chi connectivity index (χ1v) is 14.8. The fourth-order valence-electron chi connectivity index (χ4n) is 5.95. The predicted molar refractivity (Wildman–Crippen MR) is 172 cm³/mol. The molecule has 0 fully saturated rings. The number of para-hydroxylation sites is 1. The first kappa shape index (κ1) is 30.4. The Balaban J connectivity index is 1.37. The molecule has 2 heterocycles. The van der Waals surface area contributed by atoms with E-state index in [0.717, 1.165) is 33.4 Å². The van der Waals surface area contributed by atoms with E-state index in [-0.39, 0.29) is 30.1 Å². The molecular formula is C36H37N5O3. The number of amides is 3. The number of carbonyl (C=O) groups is 3. The third-order valence-electron chi connectivity index (χ3n) is 8.61. The second-order valence-corrected chi connectivity index (χ2v) is 12.2. The largest absolute Gasteiger partial charge is 0.330 e. The zero-order valence-corrected chi connectivity index (χ0v) is 25.7. The molecule has 3 amide bonds. The van der Waals surface area contributed by atoms with Crippen molar-refractivity contribution >= 4 is 34.3 Å². The molecule has 0 saturated carbocycles. The Labute approximate surface area is 258 Å². The maximum atomic E-state index is 14.0. The summed E-state index contributed by atoms with van der Waals surface area (Å²) in [4.78, 5) is 48.5. The number of hydrogen-bond donors (Lipinski definition) is 1. The summed E-state index contributed by atoms with van der Waals surface area (Å²) in [5, 5.41) is 13.9. The topological polar surface area (TPSA) is 106 Å². The van der Waals surface area contributed by atoms with Crippen LogP contribution in [0.5, 0.6) is 0 Å². The number of hydrogen-bond acceptors (Lipinski definition) is 5. The van der Waals surface area contributed by atoms with Crippen LogP contribution in [0.2, 0.25) is 0 Å². The standard InChI is InChI=1S/C36H37N5O3/c1-23(2)19-32(34(43)40(4)27(22-37)21-36(3)28-13-9-10-14-31(28)39-35(36)44)41(5)33(42)26-16-18-30-25(20-26)15-17-29(38-30)24-11-7-6-8-12-24/h6-18,20,23,27,32H,19,21H2,1-5H3,(H,39,44)/t27-,32-,36+/m0/s1.